The van der Waals surface area contributed by atoms with Crippen LogP contribution in [-0.4, -0.2) is 52.2 Å². The second-order valence-electron chi connectivity index (χ2n) is 5.67. The molecule has 27 heavy (non-hydrogen) atoms. The van der Waals surface area contributed by atoms with E-state index in [4.69, 9.17) is 0 Å². The molecule has 0 aliphatic heterocycles. The Kier molecular flexibility index (Phi) is 6.40. The Morgan fingerprint density at radius 2 is 2.04 bits per heavy atom. The van der Waals surface area contributed by atoms with E-state index in [1.54, 1.807) is 6.07 Å². The van der Waals surface area contributed by atoms with Crippen molar-refractivity contribution in [1.29, 1.82) is 0 Å². The topological polar surface area (TPSA) is 152 Å². The minimum absolute atomic E-state index is 0.0585. The highest BCUT2D eigenvalue weighted by Gasteiger charge is 2.21. The number of aliphatic carboxylic acids is 1. The van der Waals surface area contributed by atoms with Crippen molar-refractivity contribution in [3.63, 3.8) is 0 Å². The highest BCUT2D eigenvalue weighted by atomic mass is 32.2. The Morgan fingerprint density at radius 3 is 2.59 bits per heavy atom. The van der Waals surface area contributed by atoms with Gasteiger partial charge in [-0.25, -0.2) is 13.2 Å². The van der Waals surface area contributed by atoms with Gasteiger partial charge in [0, 0.05) is 23.4 Å². The van der Waals surface area contributed by atoms with Gasteiger partial charge < -0.3 is 10.4 Å². The molecular formula is C16H18N4O6S. The maximum Gasteiger partial charge on any atom is 0.326 e. The molecule has 0 saturated carbocycles. The number of carboxylic acid groups (broad SMARTS) is 1. The third-order valence-corrected chi connectivity index (χ3v) is 5.53. The lowest BCUT2D eigenvalue weighted by Crippen LogP contribution is -2.32. The molecule has 2 N–H and O–H groups in total. The lowest BCUT2D eigenvalue weighted by atomic mass is 10.1. The standard InChI is InChI=1S/C16H18N4O6S/c1-2-27(25,26)9-8-14(16(21)22)17-15-7-6-13(18-19-15)11-4-3-5-12(10-11)20(23)24/h3-7,10,14H,2,8-9H2,1H3,(H,17,19)(H,21,22). The fourth-order valence-corrected chi connectivity index (χ4v) is 3.10. The largest absolute Gasteiger partial charge is 0.480 e. The molecule has 1 aromatic carbocycles. The van der Waals surface area contributed by atoms with E-state index >= 15 is 0 Å². The average molecular weight is 394 g/mol. The van der Waals surface area contributed by atoms with Gasteiger partial charge in [-0.1, -0.05) is 19.1 Å². The number of carboxylic acids is 1. The summed E-state index contributed by atoms with van der Waals surface area (Å²) in [6, 6.07) is 7.75. The molecule has 0 saturated heterocycles. The third-order valence-electron chi connectivity index (χ3n) is 3.79. The number of nitrogens with one attached hydrogen (secondary N) is 1. The van der Waals surface area contributed by atoms with E-state index in [0.29, 0.717) is 11.3 Å². The van der Waals surface area contributed by atoms with Crippen molar-refractivity contribution in [2.45, 2.75) is 19.4 Å². The van der Waals surface area contributed by atoms with Gasteiger partial charge in [-0.3, -0.25) is 10.1 Å². The average Bonchev–Trinajstić information content (AvgIpc) is 2.65. The number of aromatic nitrogens is 2. The van der Waals surface area contributed by atoms with Crippen LogP contribution in [0.1, 0.15) is 13.3 Å². The van der Waals surface area contributed by atoms with E-state index in [9.17, 15) is 28.4 Å². The summed E-state index contributed by atoms with van der Waals surface area (Å²) in [7, 11) is -3.29. The van der Waals surface area contributed by atoms with Crippen molar-refractivity contribution in [1.82, 2.24) is 10.2 Å². The monoisotopic (exact) mass is 394 g/mol. The Hall–Kier alpha value is -3.08. The summed E-state index contributed by atoms with van der Waals surface area (Å²) in [5.41, 5.74) is 0.788. The molecule has 0 amide bonds. The Bertz CT molecular complexity index is 930. The summed E-state index contributed by atoms with van der Waals surface area (Å²) in [5.74, 6) is -1.36. The molecule has 0 aliphatic rings. The summed E-state index contributed by atoms with van der Waals surface area (Å²) in [5, 5.41) is 30.5. The number of hydrogen-bond donors (Lipinski definition) is 2. The molecule has 2 rings (SSSR count). The first-order valence-electron chi connectivity index (χ1n) is 8.00. The first-order chi connectivity index (χ1) is 12.7. The first-order valence-corrected chi connectivity index (χ1v) is 9.82. The van der Waals surface area contributed by atoms with Gasteiger partial charge in [-0.2, -0.15) is 0 Å². The number of non-ortho nitro benzene ring substituents is 1. The minimum Gasteiger partial charge on any atom is -0.480 e. The van der Waals surface area contributed by atoms with Crippen LogP contribution in [0, 0.1) is 10.1 Å². The second kappa shape index (κ2) is 8.54. The van der Waals surface area contributed by atoms with Gasteiger partial charge in [0.15, 0.2) is 0 Å². The number of anilines is 1. The van der Waals surface area contributed by atoms with E-state index in [1.165, 1.54) is 37.3 Å². The molecule has 10 nitrogen and oxygen atoms in total. The molecule has 1 aromatic heterocycles. The molecule has 1 heterocycles. The number of sulfone groups is 1. The lowest BCUT2D eigenvalue weighted by molar-refractivity contribution is -0.384. The fourth-order valence-electron chi connectivity index (χ4n) is 2.22. The molecular weight excluding hydrogens is 376 g/mol. The van der Waals surface area contributed by atoms with Crippen molar-refractivity contribution < 1.29 is 23.2 Å². The summed E-state index contributed by atoms with van der Waals surface area (Å²) in [6.45, 7) is 1.50. The van der Waals surface area contributed by atoms with E-state index in [1.807, 2.05) is 0 Å². The second-order valence-corrected chi connectivity index (χ2v) is 8.14. The first kappa shape index (κ1) is 20.2. The van der Waals surface area contributed by atoms with E-state index in [0.717, 1.165) is 0 Å². The molecule has 11 heteroatoms. The smallest absolute Gasteiger partial charge is 0.326 e. The third kappa shape index (κ3) is 5.71. The normalized spacial score (nSPS) is 12.3. The summed E-state index contributed by atoms with van der Waals surface area (Å²) in [4.78, 5) is 21.6. The van der Waals surface area contributed by atoms with Gasteiger partial charge in [0.1, 0.15) is 21.7 Å². The molecule has 2 aromatic rings. The van der Waals surface area contributed by atoms with Crippen LogP contribution in [0.2, 0.25) is 0 Å². The quantitative estimate of drug-likeness (QED) is 0.478. The number of benzene rings is 1. The Morgan fingerprint density at radius 1 is 1.30 bits per heavy atom. The zero-order valence-corrected chi connectivity index (χ0v) is 15.2. The summed E-state index contributed by atoms with van der Waals surface area (Å²) < 4.78 is 23.1. The molecule has 144 valence electrons. The predicted molar refractivity (Wildman–Crippen MR) is 98.1 cm³/mol. The van der Waals surface area contributed by atoms with Gasteiger partial charge >= 0.3 is 5.97 Å². The van der Waals surface area contributed by atoms with Crippen molar-refractivity contribution in [2.24, 2.45) is 0 Å². The maximum atomic E-state index is 11.6. The number of nitrogens with zero attached hydrogens (tertiary/aromatic N) is 3. The summed E-state index contributed by atoms with van der Waals surface area (Å²) in [6.07, 6.45) is -0.111. The van der Waals surface area contributed by atoms with Gasteiger partial charge in [-0.15, -0.1) is 10.2 Å². The molecule has 0 aliphatic carbocycles. The number of nitro groups is 1. The van der Waals surface area contributed by atoms with Crippen LogP contribution in [-0.2, 0) is 14.6 Å². The highest BCUT2D eigenvalue weighted by Crippen LogP contribution is 2.22. The SMILES string of the molecule is CCS(=O)(=O)CCC(Nc1ccc(-c2cccc([N+](=O)[O-])c2)nn1)C(=O)O. The summed E-state index contributed by atoms with van der Waals surface area (Å²) >= 11 is 0. The Balaban J connectivity index is 2.12. The maximum absolute atomic E-state index is 11.6. The highest BCUT2D eigenvalue weighted by molar-refractivity contribution is 7.91. The lowest BCUT2D eigenvalue weighted by Gasteiger charge is -2.14. The minimum atomic E-state index is -3.29. The van der Waals surface area contributed by atoms with Crippen LogP contribution < -0.4 is 5.32 Å². The molecule has 1 atom stereocenters. The number of hydrogen-bond acceptors (Lipinski definition) is 8. The van der Waals surface area contributed by atoms with Crippen molar-refractivity contribution in [3.8, 4) is 11.3 Å². The van der Waals surface area contributed by atoms with Crippen molar-refractivity contribution in [3.05, 3.63) is 46.5 Å². The van der Waals surface area contributed by atoms with Crippen LogP contribution in [0.5, 0.6) is 0 Å². The van der Waals surface area contributed by atoms with Gasteiger partial charge in [0.25, 0.3) is 5.69 Å². The fraction of sp³-hybridized carbons (Fsp3) is 0.312. The number of rotatable bonds is 9. The van der Waals surface area contributed by atoms with Gasteiger partial charge in [0.05, 0.1) is 16.4 Å². The number of carbonyl (C=O) groups is 1. The van der Waals surface area contributed by atoms with Crippen LogP contribution in [0.25, 0.3) is 11.3 Å². The van der Waals surface area contributed by atoms with Crippen LogP contribution in [0.3, 0.4) is 0 Å². The number of nitro benzene ring substituents is 1. The van der Waals surface area contributed by atoms with Gasteiger partial charge in [0.2, 0.25) is 0 Å². The molecule has 0 spiro atoms. The van der Waals surface area contributed by atoms with Crippen molar-refractivity contribution in [2.75, 3.05) is 16.8 Å². The van der Waals surface area contributed by atoms with Crippen molar-refractivity contribution >= 4 is 27.3 Å². The van der Waals surface area contributed by atoms with Gasteiger partial charge in [-0.05, 0) is 18.6 Å². The van der Waals surface area contributed by atoms with Crippen LogP contribution >= 0.6 is 0 Å². The van der Waals surface area contributed by atoms with E-state index < -0.39 is 26.8 Å². The van der Waals surface area contributed by atoms with Crippen LogP contribution in [0.4, 0.5) is 11.5 Å². The molecule has 1 unspecified atom stereocenters. The zero-order valence-electron chi connectivity index (χ0n) is 14.4. The zero-order chi connectivity index (χ0) is 20.0. The van der Waals surface area contributed by atoms with E-state index in [-0.39, 0.29) is 29.4 Å². The van der Waals surface area contributed by atoms with E-state index in [2.05, 4.69) is 15.5 Å². The molecule has 0 bridgehead atoms. The molecule has 0 fully saturated rings. The Labute approximate surface area is 155 Å². The predicted octanol–water partition coefficient (Wildman–Crippen LogP) is 1.74. The molecule has 0 radical (unpaired) electrons. The van der Waals surface area contributed by atoms with Crippen LogP contribution in [0.15, 0.2) is 36.4 Å².